The Hall–Kier alpha value is -7.16. The summed E-state index contributed by atoms with van der Waals surface area (Å²) in [6.07, 6.45) is 0. The monoisotopic (exact) mass is 688 g/mol. The average molecular weight is 689 g/mol. The number of anilines is 3. The van der Waals surface area contributed by atoms with E-state index in [1.807, 2.05) is 0 Å². The van der Waals surface area contributed by atoms with Crippen molar-refractivity contribution in [3.8, 4) is 39.1 Å². The van der Waals surface area contributed by atoms with Gasteiger partial charge in [-0.2, -0.15) is 0 Å². The number of nitrogens with zero attached hydrogens (tertiary/aromatic N) is 2. The molecule has 10 aromatic rings. The third-order valence-electron chi connectivity index (χ3n) is 10.6. The number of benzene rings is 9. The van der Waals surface area contributed by atoms with Crippen molar-refractivity contribution in [2.75, 3.05) is 4.90 Å². The Morgan fingerprint density at radius 2 is 0.907 bits per heavy atom. The standard InChI is InChI=1S/C52H36N2/c1-4-18-38(19-5-1)44-25-12-14-27-47(44)53(43-23-8-3-9-24-43)49-29-16-30-50-52(49)46-26-13-15-28-48(46)54(50)51-36-42(33-34-45(51)39-20-6-2-7-21-39)41-32-31-37-17-10-11-22-40(37)35-41/h1-36H. The Labute approximate surface area is 315 Å². The molecule has 0 fully saturated rings. The topological polar surface area (TPSA) is 8.17 Å². The highest BCUT2D eigenvalue weighted by Crippen LogP contribution is 2.47. The fraction of sp³-hybridized carbons (Fsp3) is 0. The molecular weight excluding hydrogens is 653 g/mol. The van der Waals surface area contributed by atoms with Crippen molar-refractivity contribution >= 4 is 49.6 Å². The zero-order valence-electron chi connectivity index (χ0n) is 29.7. The number of aromatic nitrogens is 1. The fourth-order valence-corrected chi connectivity index (χ4v) is 8.09. The molecule has 2 nitrogen and oxygen atoms in total. The molecule has 54 heavy (non-hydrogen) atoms. The summed E-state index contributed by atoms with van der Waals surface area (Å²) in [6.45, 7) is 0. The quantitative estimate of drug-likeness (QED) is 0.162. The molecule has 0 saturated carbocycles. The van der Waals surface area contributed by atoms with Crippen LogP contribution in [0.3, 0.4) is 0 Å². The van der Waals surface area contributed by atoms with E-state index in [0.717, 1.165) is 33.8 Å². The molecule has 1 heterocycles. The van der Waals surface area contributed by atoms with Gasteiger partial charge in [-0.15, -0.1) is 0 Å². The fourth-order valence-electron chi connectivity index (χ4n) is 8.09. The molecule has 0 spiro atoms. The first-order valence-electron chi connectivity index (χ1n) is 18.5. The van der Waals surface area contributed by atoms with Crippen molar-refractivity contribution in [1.29, 1.82) is 0 Å². The predicted molar refractivity (Wildman–Crippen MR) is 229 cm³/mol. The highest BCUT2D eigenvalue weighted by atomic mass is 15.2. The first-order chi connectivity index (χ1) is 26.8. The van der Waals surface area contributed by atoms with E-state index in [0.29, 0.717) is 0 Å². The molecule has 10 rings (SSSR count). The SMILES string of the molecule is c1ccc(-c2ccccc2N(c2ccccc2)c2cccc3c2c2ccccc2n3-c2cc(-c3ccc4ccccc4c3)ccc2-c2ccccc2)cc1. The Morgan fingerprint density at radius 1 is 0.333 bits per heavy atom. The number of rotatable bonds is 7. The smallest absolute Gasteiger partial charge is 0.0562 e. The van der Waals surface area contributed by atoms with Crippen LogP contribution in [0.1, 0.15) is 0 Å². The second-order valence-corrected chi connectivity index (χ2v) is 13.7. The van der Waals surface area contributed by atoms with Gasteiger partial charge < -0.3 is 9.47 Å². The summed E-state index contributed by atoms with van der Waals surface area (Å²) in [5, 5.41) is 4.89. The van der Waals surface area contributed by atoms with Crippen LogP contribution >= 0.6 is 0 Å². The van der Waals surface area contributed by atoms with Gasteiger partial charge in [-0.05, 0) is 81.6 Å². The second kappa shape index (κ2) is 13.4. The summed E-state index contributed by atoms with van der Waals surface area (Å²) in [4.78, 5) is 2.44. The molecule has 0 bridgehead atoms. The summed E-state index contributed by atoms with van der Waals surface area (Å²) in [6, 6.07) is 78.9. The summed E-state index contributed by atoms with van der Waals surface area (Å²) in [5.74, 6) is 0. The Kier molecular flexibility index (Phi) is 7.85. The lowest BCUT2D eigenvalue weighted by Crippen LogP contribution is -2.11. The van der Waals surface area contributed by atoms with Crippen LogP contribution in [0.5, 0.6) is 0 Å². The van der Waals surface area contributed by atoms with Gasteiger partial charge in [0.1, 0.15) is 0 Å². The molecule has 0 saturated heterocycles. The zero-order chi connectivity index (χ0) is 35.8. The van der Waals surface area contributed by atoms with E-state index in [1.165, 1.54) is 54.9 Å². The molecule has 0 radical (unpaired) electrons. The van der Waals surface area contributed by atoms with Gasteiger partial charge in [0.25, 0.3) is 0 Å². The van der Waals surface area contributed by atoms with Crippen LogP contribution in [0.4, 0.5) is 17.1 Å². The highest BCUT2D eigenvalue weighted by Gasteiger charge is 2.24. The number of hydrogen-bond acceptors (Lipinski definition) is 1. The number of para-hydroxylation sites is 3. The third-order valence-corrected chi connectivity index (χ3v) is 10.6. The van der Waals surface area contributed by atoms with Crippen LogP contribution in [-0.2, 0) is 0 Å². The van der Waals surface area contributed by atoms with E-state index in [1.54, 1.807) is 0 Å². The molecule has 0 aliphatic heterocycles. The Balaban J connectivity index is 1.27. The zero-order valence-corrected chi connectivity index (χ0v) is 29.7. The molecule has 0 aliphatic carbocycles. The van der Waals surface area contributed by atoms with Crippen molar-refractivity contribution in [3.63, 3.8) is 0 Å². The maximum absolute atomic E-state index is 2.48. The van der Waals surface area contributed by atoms with Crippen molar-refractivity contribution in [3.05, 3.63) is 218 Å². The van der Waals surface area contributed by atoms with Crippen LogP contribution in [0, 0.1) is 0 Å². The van der Waals surface area contributed by atoms with Crippen LogP contribution in [0.25, 0.3) is 71.6 Å². The lowest BCUT2D eigenvalue weighted by atomic mass is 9.96. The Bertz CT molecular complexity index is 2930. The second-order valence-electron chi connectivity index (χ2n) is 13.7. The first kappa shape index (κ1) is 31.6. The predicted octanol–water partition coefficient (Wildman–Crippen LogP) is 14.4. The summed E-state index contributed by atoms with van der Waals surface area (Å²) in [5.41, 5.74) is 13.9. The molecule has 9 aromatic carbocycles. The minimum atomic E-state index is 1.11. The molecule has 0 N–H and O–H groups in total. The van der Waals surface area contributed by atoms with Gasteiger partial charge in [0.15, 0.2) is 0 Å². The lowest BCUT2D eigenvalue weighted by molar-refractivity contribution is 1.18. The van der Waals surface area contributed by atoms with Gasteiger partial charge in [-0.25, -0.2) is 0 Å². The van der Waals surface area contributed by atoms with Crippen molar-refractivity contribution < 1.29 is 0 Å². The Morgan fingerprint density at radius 3 is 1.70 bits per heavy atom. The molecule has 0 atom stereocenters. The van der Waals surface area contributed by atoms with Crippen molar-refractivity contribution in [2.45, 2.75) is 0 Å². The number of hydrogen-bond donors (Lipinski definition) is 0. The van der Waals surface area contributed by atoms with Crippen LogP contribution in [0.2, 0.25) is 0 Å². The normalized spacial score (nSPS) is 11.3. The molecule has 0 unspecified atom stereocenters. The van der Waals surface area contributed by atoms with E-state index in [2.05, 4.69) is 228 Å². The van der Waals surface area contributed by atoms with Crippen LogP contribution in [0.15, 0.2) is 218 Å². The van der Waals surface area contributed by atoms with E-state index >= 15 is 0 Å². The van der Waals surface area contributed by atoms with Gasteiger partial charge in [0.2, 0.25) is 0 Å². The summed E-state index contributed by atoms with van der Waals surface area (Å²) >= 11 is 0. The largest absolute Gasteiger partial charge is 0.309 e. The minimum absolute atomic E-state index is 1.11. The van der Waals surface area contributed by atoms with E-state index in [9.17, 15) is 0 Å². The van der Waals surface area contributed by atoms with Gasteiger partial charge in [-0.1, -0.05) is 170 Å². The first-order valence-corrected chi connectivity index (χ1v) is 18.5. The molecule has 254 valence electrons. The van der Waals surface area contributed by atoms with E-state index < -0.39 is 0 Å². The average Bonchev–Trinajstić information content (AvgIpc) is 3.59. The van der Waals surface area contributed by atoms with Gasteiger partial charge in [0, 0.05) is 27.6 Å². The molecule has 1 aromatic heterocycles. The van der Waals surface area contributed by atoms with E-state index in [4.69, 9.17) is 0 Å². The van der Waals surface area contributed by atoms with Crippen LogP contribution < -0.4 is 4.90 Å². The lowest BCUT2D eigenvalue weighted by Gasteiger charge is -2.28. The molecular formula is C52H36N2. The highest BCUT2D eigenvalue weighted by molar-refractivity contribution is 6.17. The van der Waals surface area contributed by atoms with E-state index in [-0.39, 0.29) is 0 Å². The van der Waals surface area contributed by atoms with Gasteiger partial charge >= 0.3 is 0 Å². The maximum atomic E-state index is 2.48. The number of fused-ring (bicyclic) bond motifs is 4. The van der Waals surface area contributed by atoms with Crippen molar-refractivity contribution in [1.82, 2.24) is 4.57 Å². The van der Waals surface area contributed by atoms with Gasteiger partial charge in [-0.3, -0.25) is 0 Å². The molecule has 0 amide bonds. The molecule has 0 aliphatic rings. The maximum Gasteiger partial charge on any atom is 0.0562 e. The minimum Gasteiger partial charge on any atom is -0.309 e. The summed E-state index contributed by atoms with van der Waals surface area (Å²) in [7, 11) is 0. The van der Waals surface area contributed by atoms with Crippen LogP contribution in [-0.4, -0.2) is 4.57 Å². The summed E-state index contributed by atoms with van der Waals surface area (Å²) < 4.78 is 2.48. The van der Waals surface area contributed by atoms with Gasteiger partial charge in [0.05, 0.1) is 28.1 Å². The van der Waals surface area contributed by atoms with Crippen molar-refractivity contribution in [2.24, 2.45) is 0 Å². The molecule has 2 heteroatoms. The third kappa shape index (κ3) is 5.44.